The first-order valence-corrected chi connectivity index (χ1v) is 14.2. The number of para-hydroxylation sites is 1. The number of nitrogens with zero attached hydrogens (tertiary/aromatic N) is 1. The second-order valence-electron chi connectivity index (χ2n) is 11.6. The molecule has 4 rings (SSSR count). The van der Waals surface area contributed by atoms with Crippen LogP contribution < -0.4 is 15.5 Å². The van der Waals surface area contributed by atoms with Crippen LogP contribution in [0.4, 0.5) is 10.5 Å². The summed E-state index contributed by atoms with van der Waals surface area (Å²) in [7, 11) is 0. The van der Waals surface area contributed by atoms with Crippen LogP contribution in [0.3, 0.4) is 0 Å². The number of benzene rings is 2. The molecule has 1 atom stereocenters. The predicted octanol–water partition coefficient (Wildman–Crippen LogP) is 6.07. The van der Waals surface area contributed by atoms with Gasteiger partial charge < -0.3 is 20.3 Å². The number of rotatable bonds is 7. The highest BCUT2D eigenvalue weighted by Gasteiger charge is 2.33. The van der Waals surface area contributed by atoms with Gasteiger partial charge in [-0.2, -0.15) is 11.3 Å². The first-order valence-electron chi connectivity index (χ1n) is 13.2. The number of nitrogens with one attached hydrogen (secondary N) is 2. The fraction of sp³-hybridized carbons (Fsp3) is 0.387. The van der Waals surface area contributed by atoms with Gasteiger partial charge in [0.2, 0.25) is 11.8 Å². The van der Waals surface area contributed by atoms with Gasteiger partial charge in [-0.05, 0) is 92.6 Å². The van der Waals surface area contributed by atoms with E-state index < -0.39 is 23.3 Å². The van der Waals surface area contributed by atoms with E-state index in [1.54, 1.807) is 50.9 Å². The number of thiophene rings is 1. The van der Waals surface area contributed by atoms with Gasteiger partial charge in [-0.3, -0.25) is 9.59 Å². The maximum Gasteiger partial charge on any atom is 0.408 e. The monoisotopic (exact) mass is 547 g/mol. The molecule has 1 aliphatic heterocycles. The van der Waals surface area contributed by atoms with Gasteiger partial charge in [0.05, 0.1) is 6.54 Å². The van der Waals surface area contributed by atoms with Crippen molar-refractivity contribution in [3.63, 3.8) is 0 Å². The van der Waals surface area contributed by atoms with E-state index in [2.05, 4.69) is 39.6 Å². The molecule has 0 radical (unpaired) electrons. The SMILES string of the molecule is CC(C)(CC(=O)N[C@@H]1CCc2ccccc2N(Cc2ccc(-c3ccsc3)cc2)C1=O)NC(=O)OC(C)(C)C. The topological polar surface area (TPSA) is 87.7 Å². The van der Waals surface area contributed by atoms with Crippen LogP contribution in [0.2, 0.25) is 0 Å². The number of hydrogen-bond acceptors (Lipinski definition) is 5. The van der Waals surface area contributed by atoms with Crippen molar-refractivity contribution >= 4 is 34.9 Å². The fourth-order valence-electron chi connectivity index (χ4n) is 4.70. The Morgan fingerprint density at radius 3 is 2.38 bits per heavy atom. The van der Waals surface area contributed by atoms with E-state index in [4.69, 9.17) is 4.74 Å². The number of anilines is 1. The molecule has 39 heavy (non-hydrogen) atoms. The van der Waals surface area contributed by atoms with Gasteiger partial charge in [0.15, 0.2) is 0 Å². The van der Waals surface area contributed by atoms with Crippen molar-refractivity contribution in [3.05, 3.63) is 76.5 Å². The molecule has 3 amide bonds. The zero-order chi connectivity index (χ0) is 28.2. The van der Waals surface area contributed by atoms with Crippen LogP contribution in [0.15, 0.2) is 65.4 Å². The minimum Gasteiger partial charge on any atom is -0.444 e. The second-order valence-corrected chi connectivity index (χ2v) is 12.4. The molecule has 2 heterocycles. The van der Waals surface area contributed by atoms with E-state index in [1.165, 1.54) is 5.56 Å². The standard InChI is InChI=1S/C31H37N3O4S/c1-30(2,3)38-29(37)33-31(4,5)18-27(35)32-25-15-14-23-8-6-7-9-26(23)34(28(25)36)19-21-10-12-22(13-11-21)24-16-17-39-20-24/h6-13,16-17,20,25H,14-15,18-19H2,1-5H3,(H,32,35)(H,33,37)/t25-/m1/s1. The van der Waals surface area contributed by atoms with Gasteiger partial charge in [0.25, 0.3) is 0 Å². The van der Waals surface area contributed by atoms with Crippen LogP contribution in [0, 0.1) is 0 Å². The largest absolute Gasteiger partial charge is 0.444 e. The van der Waals surface area contributed by atoms with Crippen LogP contribution in [-0.4, -0.2) is 35.1 Å². The lowest BCUT2D eigenvalue weighted by atomic mass is 9.99. The van der Waals surface area contributed by atoms with E-state index in [1.807, 2.05) is 36.4 Å². The van der Waals surface area contributed by atoms with E-state index in [0.29, 0.717) is 19.4 Å². The zero-order valence-electron chi connectivity index (χ0n) is 23.2. The number of carbonyl (C=O) groups excluding carboxylic acids is 3. The summed E-state index contributed by atoms with van der Waals surface area (Å²) in [5.74, 6) is -0.450. The molecular weight excluding hydrogens is 510 g/mol. The maximum atomic E-state index is 13.8. The fourth-order valence-corrected chi connectivity index (χ4v) is 5.36. The van der Waals surface area contributed by atoms with Crippen LogP contribution in [0.25, 0.3) is 11.1 Å². The molecule has 0 saturated heterocycles. The minimum absolute atomic E-state index is 0.00696. The molecule has 8 heteroatoms. The average molecular weight is 548 g/mol. The van der Waals surface area contributed by atoms with E-state index in [9.17, 15) is 14.4 Å². The third-order valence-electron chi connectivity index (χ3n) is 6.48. The number of ether oxygens (including phenoxy) is 1. The molecule has 0 fully saturated rings. The van der Waals surface area contributed by atoms with Gasteiger partial charge in [0.1, 0.15) is 11.6 Å². The van der Waals surface area contributed by atoms with Crippen LogP contribution in [0.5, 0.6) is 0 Å². The van der Waals surface area contributed by atoms with Crippen molar-refractivity contribution in [1.82, 2.24) is 10.6 Å². The summed E-state index contributed by atoms with van der Waals surface area (Å²) < 4.78 is 5.33. The Bertz CT molecular complexity index is 1310. The summed E-state index contributed by atoms with van der Waals surface area (Å²) in [4.78, 5) is 40.9. The number of aryl methyl sites for hydroxylation is 1. The molecule has 3 aromatic rings. The highest BCUT2D eigenvalue weighted by molar-refractivity contribution is 7.08. The smallest absolute Gasteiger partial charge is 0.408 e. The molecule has 0 spiro atoms. The molecular formula is C31H37N3O4S. The normalized spacial score (nSPS) is 15.8. The van der Waals surface area contributed by atoms with Crippen molar-refractivity contribution in [2.45, 2.75) is 77.6 Å². The molecule has 206 valence electrons. The summed E-state index contributed by atoms with van der Waals surface area (Å²) in [5.41, 5.74) is 3.76. The van der Waals surface area contributed by atoms with Crippen molar-refractivity contribution < 1.29 is 19.1 Å². The van der Waals surface area contributed by atoms with E-state index >= 15 is 0 Å². The average Bonchev–Trinajstić information content (AvgIpc) is 3.34. The highest BCUT2D eigenvalue weighted by atomic mass is 32.1. The second kappa shape index (κ2) is 11.6. The van der Waals surface area contributed by atoms with Gasteiger partial charge in [-0.15, -0.1) is 0 Å². The van der Waals surface area contributed by atoms with Crippen molar-refractivity contribution in [2.75, 3.05) is 4.90 Å². The Morgan fingerprint density at radius 2 is 1.72 bits per heavy atom. The summed E-state index contributed by atoms with van der Waals surface area (Å²) in [6, 6.07) is 17.6. The van der Waals surface area contributed by atoms with E-state index in [0.717, 1.165) is 22.4 Å². The molecule has 1 aromatic heterocycles. The lowest BCUT2D eigenvalue weighted by Gasteiger charge is -2.29. The third kappa shape index (κ3) is 7.69. The van der Waals surface area contributed by atoms with Gasteiger partial charge in [-0.25, -0.2) is 4.79 Å². The first-order chi connectivity index (χ1) is 18.4. The first kappa shape index (κ1) is 28.4. The predicted molar refractivity (Wildman–Crippen MR) is 156 cm³/mol. The van der Waals surface area contributed by atoms with Crippen molar-refractivity contribution in [3.8, 4) is 11.1 Å². The molecule has 7 nitrogen and oxygen atoms in total. The number of fused-ring (bicyclic) bond motifs is 1. The summed E-state index contributed by atoms with van der Waals surface area (Å²) >= 11 is 1.66. The minimum atomic E-state index is -0.854. The lowest BCUT2D eigenvalue weighted by Crippen LogP contribution is -2.52. The van der Waals surface area contributed by atoms with Gasteiger partial charge in [0, 0.05) is 17.6 Å². The van der Waals surface area contributed by atoms with Crippen LogP contribution in [-0.2, 0) is 27.3 Å². The Kier molecular flexibility index (Phi) is 8.45. The number of alkyl carbamates (subject to hydrolysis) is 1. The number of amides is 3. The van der Waals surface area contributed by atoms with Gasteiger partial charge >= 0.3 is 6.09 Å². The van der Waals surface area contributed by atoms with Crippen molar-refractivity contribution in [2.24, 2.45) is 0 Å². The molecule has 0 unspecified atom stereocenters. The quantitative estimate of drug-likeness (QED) is 0.376. The number of hydrogen-bond donors (Lipinski definition) is 2. The Labute approximate surface area is 234 Å². The molecule has 2 aromatic carbocycles. The summed E-state index contributed by atoms with van der Waals surface area (Å²) in [6.07, 6.45) is 0.583. The summed E-state index contributed by atoms with van der Waals surface area (Å²) in [6.45, 7) is 9.27. The van der Waals surface area contributed by atoms with Gasteiger partial charge in [-0.1, -0.05) is 42.5 Å². The summed E-state index contributed by atoms with van der Waals surface area (Å²) in [5, 5.41) is 9.87. The number of carbonyl (C=O) groups is 3. The maximum absolute atomic E-state index is 13.8. The molecule has 0 bridgehead atoms. The molecule has 1 aliphatic rings. The Hall–Kier alpha value is -3.65. The van der Waals surface area contributed by atoms with Crippen LogP contribution in [0.1, 0.15) is 58.6 Å². The lowest BCUT2D eigenvalue weighted by molar-refractivity contribution is -0.128. The molecule has 0 saturated carbocycles. The van der Waals surface area contributed by atoms with Crippen LogP contribution >= 0.6 is 11.3 Å². The third-order valence-corrected chi connectivity index (χ3v) is 7.16. The Balaban J connectivity index is 1.47. The molecule has 0 aliphatic carbocycles. The molecule has 2 N–H and O–H groups in total. The van der Waals surface area contributed by atoms with Crippen molar-refractivity contribution in [1.29, 1.82) is 0 Å². The van der Waals surface area contributed by atoms with E-state index in [-0.39, 0.29) is 18.2 Å². The zero-order valence-corrected chi connectivity index (χ0v) is 24.1. The highest BCUT2D eigenvalue weighted by Crippen LogP contribution is 2.30. The Morgan fingerprint density at radius 1 is 1.00 bits per heavy atom.